The lowest BCUT2D eigenvalue weighted by molar-refractivity contribution is 0.0644. The molecular weight excluding hydrogens is 441 g/mol. The van der Waals surface area contributed by atoms with Gasteiger partial charge in [-0.15, -0.1) is 0 Å². The highest BCUT2D eigenvalue weighted by atomic mass is 19.2. The van der Waals surface area contributed by atoms with E-state index in [1.54, 1.807) is 17.9 Å². The van der Waals surface area contributed by atoms with Gasteiger partial charge in [0.25, 0.3) is 5.91 Å². The summed E-state index contributed by atoms with van der Waals surface area (Å²) in [6.07, 6.45) is 3.75. The summed E-state index contributed by atoms with van der Waals surface area (Å²) in [4.78, 5) is 20.2. The van der Waals surface area contributed by atoms with Crippen LogP contribution < -0.4 is 0 Å². The van der Waals surface area contributed by atoms with Crippen LogP contribution in [-0.4, -0.2) is 31.6 Å². The van der Waals surface area contributed by atoms with Crippen molar-refractivity contribution in [2.45, 2.75) is 38.3 Å². The van der Waals surface area contributed by atoms with Crippen molar-refractivity contribution in [1.29, 1.82) is 0 Å². The van der Waals surface area contributed by atoms with E-state index in [-0.39, 0.29) is 23.6 Å². The first kappa shape index (κ1) is 20.9. The maximum Gasteiger partial charge on any atom is 0.256 e. The molecule has 2 aromatic carbocycles. The van der Waals surface area contributed by atoms with E-state index in [2.05, 4.69) is 10.1 Å². The van der Waals surface area contributed by atoms with Gasteiger partial charge >= 0.3 is 0 Å². The van der Waals surface area contributed by atoms with Crippen LogP contribution in [0, 0.1) is 24.4 Å². The number of pyridine rings is 1. The Hall–Kier alpha value is -3.68. The van der Waals surface area contributed by atoms with Crippen LogP contribution in [-0.2, 0) is 13.5 Å². The highest BCUT2D eigenvalue weighted by Crippen LogP contribution is 2.47. The smallest absolute Gasteiger partial charge is 0.256 e. The van der Waals surface area contributed by atoms with E-state index < -0.39 is 17.5 Å². The van der Waals surface area contributed by atoms with Crippen LogP contribution in [0.15, 0.2) is 42.6 Å². The Kier molecular flexibility index (Phi) is 4.56. The van der Waals surface area contributed by atoms with Crippen molar-refractivity contribution in [1.82, 2.24) is 19.7 Å². The Labute approximate surface area is 193 Å². The largest absolute Gasteiger partial charge is 0.327 e. The summed E-state index contributed by atoms with van der Waals surface area (Å²) < 4.78 is 43.1. The summed E-state index contributed by atoms with van der Waals surface area (Å²) in [5.74, 6) is -4.05. The van der Waals surface area contributed by atoms with Gasteiger partial charge in [-0.2, -0.15) is 5.10 Å². The molecule has 6 rings (SSSR count). The minimum absolute atomic E-state index is 0.0673. The van der Waals surface area contributed by atoms with Crippen LogP contribution in [0.4, 0.5) is 13.2 Å². The molecule has 0 N–H and O–H groups in total. The lowest BCUT2D eigenvalue weighted by atomic mass is 9.93. The van der Waals surface area contributed by atoms with Crippen molar-refractivity contribution in [3.8, 4) is 11.3 Å². The third-order valence-corrected chi connectivity index (χ3v) is 7.01. The molecule has 1 saturated heterocycles. The number of benzene rings is 2. The second kappa shape index (κ2) is 7.41. The summed E-state index contributed by atoms with van der Waals surface area (Å²) in [7, 11) is 1.70. The predicted molar refractivity (Wildman–Crippen MR) is 121 cm³/mol. The zero-order chi connectivity index (χ0) is 23.7. The van der Waals surface area contributed by atoms with E-state index >= 15 is 0 Å². The molecule has 4 aromatic rings. The Morgan fingerprint density at radius 3 is 2.62 bits per heavy atom. The predicted octanol–water partition coefficient (Wildman–Crippen LogP) is 5.26. The van der Waals surface area contributed by atoms with Gasteiger partial charge in [-0.25, -0.2) is 13.2 Å². The van der Waals surface area contributed by atoms with Gasteiger partial charge in [0, 0.05) is 35.8 Å². The zero-order valence-corrected chi connectivity index (χ0v) is 18.6. The fourth-order valence-electron chi connectivity index (χ4n) is 5.65. The molecule has 2 aromatic heterocycles. The fourth-order valence-corrected chi connectivity index (χ4v) is 5.65. The number of hydrogen-bond acceptors (Lipinski definition) is 3. The van der Waals surface area contributed by atoms with Crippen molar-refractivity contribution in [3.63, 3.8) is 0 Å². The number of fused-ring (bicyclic) bond motifs is 5. The summed E-state index contributed by atoms with van der Waals surface area (Å²) in [6.45, 7) is 1.96. The molecule has 8 heteroatoms. The lowest BCUT2D eigenvalue weighted by Gasteiger charge is -2.34. The molecule has 0 aliphatic carbocycles. The first-order valence-corrected chi connectivity index (χ1v) is 11.2. The summed E-state index contributed by atoms with van der Waals surface area (Å²) in [5, 5.41) is 5.58. The summed E-state index contributed by atoms with van der Waals surface area (Å²) in [6, 6.07) is 9.37. The monoisotopic (exact) mass is 462 g/mol. The van der Waals surface area contributed by atoms with Crippen LogP contribution in [0.1, 0.15) is 46.1 Å². The molecule has 4 heterocycles. The van der Waals surface area contributed by atoms with E-state index in [1.165, 1.54) is 0 Å². The van der Waals surface area contributed by atoms with Gasteiger partial charge in [0.15, 0.2) is 17.5 Å². The molecule has 2 bridgehead atoms. The second-order valence-corrected chi connectivity index (χ2v) is 9.14. The van der Waals surface area contributed by atoms with E-state index in [0.29, 0.717) is 23.2 Å². The average molecular weight is 462 g/mol. The van der Waals surface area contributed by atoms with Gasteiger partial charge in [0.2, 0.25) is 0 Å². The summed E-state index contributed by atoms with van der Waals surface area (Å²) >= 11 is 0. The quantitative estimate of drug-likeness (QED) is 0.382. The maximum absolute atomic E-state index is 14.0. The molecular formula is C26H21F3N4O. The van der Waals surface area contributed by atoms with Gasteiger partial charge in [-0.05, 0) is 62.1 Å². The Balaban J connectivity index is 1.44. The van der Waals surface area contributed by atoms with Crippen LogP contribution in [0.3, 0.4) is 0 Å². The first-order valence-electron chi connectivity index (χ1n) is 11.2. The second-order valence-electron chi connectivity index (χ2n) is 9.14. The van der Waals surface area contributed by atoms with Crippen LogP contribution in [0.25, 0.3) is 22.2 Å². The first-order chi connectivity index (χ1) is 16.3. The van der Waals surface area contributed by atoms with E-state index in [4.69, 9.17) is 0 Å². The van der Waals surface area contributed by atoms with Crippen LogP contribution in [0.5, 0.6) is 0 Å². The molecule has 2 aliphatic rings. The van der Waals surface area contributed by atoms with Crippen molar-refractivity contribution in [2.75, 3.05) is 0 Å². The minimum atomic E-state index is -1.49. The van der Waals surface area contributed by atoms with Crippen molar-refractivity contribution >= 4 is 16.8 Å². The number of halogens is 3. The molecule has 2 atom stereocenters. The molecule has 1 amide bonds. The van der Waals surface area contributed by atoms with Gasteiger partial charge < -0.3 is 4.90 Å². The Morgan fingerprint density at radius 1 is 1.09 bits per heavy atom. The highest BCUT2D eigenvalue weighted by molar-refractivity contribution is 6.06. The molecule has 172 valence electrons. The zero-order valence-electron chi connectivity index (χ0n) is 18.6. The van der Waals surface area contributed by atoms with Gasteiger partial charge in [0.1, 0.15) is 0 Å². The van der Waals surface area contributed by atoms with Crippen LogP contribution >= 0.6 is 0 Å². The fraction of sp³-hybridized carbons (Fsp3) is 0.269. The topological polar surface area (TPSA) is 51.0 Å². The number of aryl methyl sites for hydroxylation is 2. The third kappa shape index (κ3) is 2.97. The Morgan fingerprint density at radius 2 is 1.85 bits per heavy atom. The number of aromatic nitrogens is 3. The number of amides is 1. The molecule has 2 aliphatic heterocycles. The molecule has 1 fully saturated rings. The van der Waals surface area contributed by atoms with Gasteiger partial charge in [0.05, 0.1) is 28.5 Å². The van der Waals surface area contributed by atoms with Crippen molar-refractivity contribution in [3.05, 3.63) is 82.4 Å². The Bertz CT molecular complexity index is 1470. The van der Waals surface area contributed by atoms with Crippen LogP contribution in [0.2, 0.25) is 0 Å². The molecule has 0 unspecified atom stereocenters. The number of nitrogens with zero attached hydrogens (tertiary/aromatic N) is 4. The molecule has 34 heavy (non-hydrogen) atoms. The van der Waals surface area contributed by atoms with Gasteiger partial charge in [-0.1, -0.05) is 6.07 Å². The lowest BCUT2D eigenvalue weighted by Crippen LogP contribution is -2.42. The number of carbonyl (C=O) groups excluding carboxylic acids is 1. The number of rotatable bonds is 2. The maximum atomic E-state index is 14.0. The average Bonchev–Trinajstić information content (AvgIpc) is 3.32. The SMILES string of the molecule is Cc1cc(C(=O)N2[C@H]3CC[C@@H]2c2nn(C)c(-c4cc(F)c(F)c(F)c4)c2C3)c2ncccc2c1. The molecule has 0 radical (unpaired) electrons. The van der Waals surface area contributed by atoms with E-state index in [0.717, 1.165) is 47.2 Å². The van der Waals surface area contributed by atoms with Gasteiger partial charge in [-0.3, -0.25) is 14.5 Å². The highest BCUT2D eigenvalue weighted by Gasteiger charge is 2.46. The van der Waals surface area contributed by atoms with E-state index in [9.17, 15) is 18.0 Å². The minimum Gasteiger partial charge on any atom is -0.327 e. The van der Waals surface area contributed by atoms with Crippen molar-refractivity contribution < 1.29 is 18.0 Å². The summed E-state index contributed by atoms with van der Waals surface area (Å²) in [5.41, 5.74) is 4.60. The van der Waals surface area contributed by atoms with E-state index in [1.807, 2.05) is 36.1 Å². The molecule has 0 saturated carbocycles. The standard InChI is InChI=1S/C26H21F3N4O/c1-13-8-14-4-3-7-30-23(14)18(9-13)26(34)33-16-5-6-21(33)24-17(12-16)25(32(2)31-24)15-10-19(27)22(29)20(28)11-15/h3-4,7-11,16,21H,5-6,12H2,1-2H3/t16-,21+/m0/s1. The normalized spacial score (nSPS) is 19.0. The molecule has 0 spiro atoms. The third-order valence-electron chi connectivity index (χ3n) is 7.01. The van der Waals surface area contributed by atoms with Crippen molar-refractivity contribution in [2.24, 2.45) is 7.05 Å². The number of carbonyl (C=O) groups is 1. The number of hydrogen-bond donors (Lipinski definition) is 0. The molecule has 5 nitrogen and oxygen atoms in total.